The zero-order valence-corrected chi connectivity index (χ0v) is 14.5. The molecule has 0 aromatic heterocycles. The Hall–Kier alpha value is -0.450. The zero-order chi connectivity index (χ0) is 15.5. The van der Waals surface area contributed by atoms with Crippen molar-refractivity contribution in [3.05, 3.63) is 34.1 Å². The Morgan fingerprint density at radius 2 is 2.00 bits per heavy atom. The average Bonchev–Trinajstić information content (AvgIpc) is 2.51. The second-order valence-corrected chi connectivity index (χ2v) is 7.13. The van der Waals surface area contributed by atoms with Gasteiger partial charge in [-0.15, -0.1) is 0 Å². The summed E-state index contributed by atoms with van der Waals surface area (Å²) in [5.74, 6) is -0.241. The summed E-state index contributed by atoms with van der Waals surface area (Å²) in [5.41, 5.74) is 0.295. The van der Waals surface area contributed by atoms with Crippen LogP contribution in [0.4, 0.5) is 4.39 Å². The molecule has 0 amide bonds. The van der Waals surface area contributed by atoms with Crippen molar-refractivity contribution in [2.45, 2.75) is 57.6 Å². The van der Waals surface area contributed by atoms with Crippen LogP contribution in [0, 0.1) is 5.82 Å². The Bertz CT molecular complexity index is 476. The summed E-state index contributed by atoms with van der Waals surface area (Å²) in [6.07, 6.45) is 4.30. The monoisotopic (exact) mass is 357 g/mol. The van der Waals surface area contributed by atoms with E-state index < -0.39 is 6.10 Å². The first kappa shape index (κ1) is 16.9. The summed E-state index contributed by atoms with van der Waals surface area (Å²) in [6, 6.07) is 4.91. The zero-order valence-electron chi connectivity index (χ0n) is 12.9. The van der Waals surface area contributed by atoms with E-state index in [1.165, 1.54) is 25.3 Å². The van der Waals surface area contributed by atoms with Gasteiger partial charge in [0.1, 0.15) is 5.82 Å². The van der Waals surface area contributed by atoms with Crippen LogP contribution in [-0.4, -0.2) is 34.7 Å². The van der Waals surface area contributed by atoms with E-state index in [1.807, 2.05) is 0 Å². The number of halogens is 2. The largest absolute Gasteiger partial charge is 0.391 e. The van der Waals surface area contributed by atoms with Gasteiger partial charge >= 0.3 is 0 Å². The third-order valence-corrected chi connectivity index (χ3v) is 5.43. The average molecular weight is 358 g/mol. The van der Waals surface area contributed by atoms with Gasteiger partial charge in [-0.2, -0.15) is 0 Å². The molecule has 2 nitrogen and oxygen atoms in total. The second kappa shape index (κ2) is 7.21. The maximum Gasteiger partial charge on any atom is 0.126 e. The van der Waals surface area contributed by atoms with E-state index in [9.17, 15) is 9.50 Å². The van der Waals surface area contributed by atoms with Crippen molar-refractivity contribution in [3.63, 3.8) is 0 Å². The SMILES string of the molecule is CCC(C)(C(O)Cc1cc(Br)ccc1F)N1CCCCC1. The number of aliphatic hydroxyl groups excluding tert-OH is 1. The first-order chi connectivity index (χ1) is 9.97. The summed E-state index contributed by atoms with van der Waals surface area (Å²) in [6.45, 7) is 6.28. The first-order valence-corrected chi connectivity index (χ1v) is 8.63. The number of rotatable bonds is 5. The van der Waals surface area contributed by atoms with Crippen molar-refractivity contribution in [2.24, 2.45) is 0 Å². The minimum absolute atomic E-state index is 0.241. The predicted octanol–water partition coefficient (Wildman–Crippen LogP) is 4.15. The van der Waals surface area contributed by atoms with E-state index in [0.29, 0.717) is 12.0 Å². The molecule has 1 aliphatic heterocycles. The molecule has 4 heteroatoms. The summed E-state index contributed by atoms with van der Waals surface area (Å²) >= 11 is 3.37. The Morgan fingerprint density at radius 3 is 2.62 bits per heavy atom. The van der Waals surface area contributed by atoms with Gasteiger partial charge in [0, 0.05) is 16.4 Å². The van der Waals surface area contributed by atoms with E-state index in [0.717, 1.165) is 24.0 Å². The van der Waals surface area contributed by atoms with Crippen LogP contribution in [0.3, 0.4) is 0 Å². The molecule has 0 radical (unpaired) electrons. The van der Waals surface area contributed by atoms with E-state index in [1.54, 1.807) is 12.1 Å². The number of hydrogen-bond donors (Lipinski definition) is 1. The van der Waals surface area contributed by atoms with Gasteiger partial charge < -0.3 is 5.11 Å². The molecule has 1 fully saturated rings. The molecule has 1 heterocycles. The lowest BCUT2D eigenvalue weighted by Gasteiger charge is -2.46. The van der Waals surface area contributed by atoms with Crippen LogP contribution in [0.5, 0.6) is 0 Å². The molecular formula is C17H25BrFNO. The van der Waals surface area contributed by atoms with E-state index >= 15 is 0 Å². The highest BCUT2D eigenvalue weighted by Crippen LogP contribution is 2.30. The third-order valence-electron chi connectivity index (χ3n) is 4.93. The topological polar surface area (TPSA) is 23.5 Å². The highest BCUT2D eigenvalue weighted by molar-refractivity contribution is 9.10. The molecule has 1 aromatic carbocycles. The molecule has 21 heavy (non-hydrogen) atoms. The van der Waals surface area contributed by atoms with Crippen molar-refractivity contribution in [1.82, 2.24) is 4.90 Å². The molecule has 0 aliphatic carbocycles. The molecule has 2 rings (SSSR count). The van der Waals surface area contributed by atoms with E-state index in [2.05, 4.69) is 34.7 Å². The van der Waals surface area contributed by atoms with Crippen LogP contribution < -0.4 is 0 Å². The first-order valence-electron chi connectivity index (χ1n) is 7.84. The van der Waals surface area contributed by atoms with Crippen molar-refractivity contribution in [1.29, 1.82) is 0 Å². The Kier molecular flexibility index (Phi) is 5.81. The predicted molar refractivity (Wildman–Crippen MR) is 87.9 cm³/mol. The molecule has 1 aliphatic rings. The van der Waals surface area contributed by atoms with Gasteiger partial charge in [0.05, 0.1) is 6.10 Å². The Balaban J connectivity index is 2.15. The smallest absolute Gasteiger partial charge is 0.126 e. The van der Waals surface area contributed by atoms with Crippen LogP contribution in [0.15, 0.2) is 22.7 Å². The molecule has 0 saturated carbocycles. The van der Waals surface area contributed by atoms with Crippen LogP contribution >= 0.6 is 15.9 Å². The van der Waals surface area contributed by atoms with Crippen LogP contribution in [0.2, 0.25) is 0 Å². The number of hydrogen-bond acceptors (Lipinski definition) is 2. The van der Waals surface area contributed by atoms with E-state index in [-0.39, 0.29) is 11.4 Å². The maximum absolute atomic E-state index is 13.9. The lowest BCUT2D eigenvalue weighted by molar-refractivity contribution is -0.0331. The molecule has 118 valence electrons. The summed E-state index contributed by atoms with van der Waals surface area (Å²) in [5, 5.41) is 10.8. The quantitative estimate of drug-likeness (QED) is 0.855. The van der Waals surface area contributed by atoms with Gasteiger partial charge in [0.25, 0.3) is 0 Å². The standard InChI is InChI=1S/C17H25BrFNO/c1-3-17(2,20-9-5-4-6-10-20)16(21)12-13-11-14(18)7-8-15(13)19/h7-8,11,16,21H,3-6,9-10,12H2,1-2H3. The Labute approximate surface area is 135 Å². The lowest BCUT2D eigenvalue weighted by Crippen LogP contribution is -2.56. The van der Waals surface area contributed by atoms with Crippen molar-refractivity contribution >= 4 is 15.9 Å². The molecular weight excluding hydrogens is 333 g/mol. The fraction of sp³-hybridized carbons (Fsp3) is 0.647. The van der Waals surface area contributed by atoms with Gasteiger partial charge in [-0.25, -0.2) is 4.39 Å². The Morgan fingerprint density at radius 1 is 1.33 bits per heavy atom. The van der Waals surface area contributed by atoms with Crippen LogP contribution in [-0.2, 0) is 6.42 Å². The summed E-state index contributed by atoms with van der Waals surface area (Å²) in [4.78, 5) is 2.39. The van der Waals surface area contributed by atoms with Gasteiger partial charge in [-0.1, -0.05) is 29.3 Å². The molecule has 2 unspecified atom stereocenters. The number of aliphatic hydroxyl groups is 1. The minimum Gasteiger partial charge on any atom is -0.391 e. The lowest BCUT2D eigenvalue weighted by atomic mass is 9.84. The number of benzene rings is 1. The summed E-state index contributed by atoms with van der Waals surface area (Å²) < 4.78 is 14.8. The van der Waals surface area contributed by atoms with Crippen LogP contribution in [0.1, 0.15) is 45.1 Å². The van der Waals surface area contributed by atoms with E-state index in [4.69, 9.17) is 0 Å². The van der Waals surface area contributed by atoms with Crippen LogP contribution in [0.25, 0.3) is 0 Å². The highest BCUT2D eigenvalue weighted by Gasteiger charge is 2.38. The van der Waals surface area contributed by atoms with Gasteiger partial charge in [-0.05, 0) is 63.0 Å². The number of nitrogens with zero attached hydrogens (tertiary/aromatic N) is 1. The fourth-order valence-corrected chi connectivity index (χ4v) is 3.61. The molecule has 1 N–H and O–H groups in total. The van der Waals surface area contributed by atoms with Crippen molar-refractivity contribution < 1.29 is 9.50 Å². The molecule has 0 spiro atoms. The normalized spacial score (nSPS) is 21.0. The number of likely N-dealkylation sites (tertiary alicyclic amines) is 1. The minimum atomic E-state index is -0.565. The van der Waals surface area contributed by atoms with Crippen molar-refractivity contribution in [3.8, 4) is 0 Å². The van der Waals surface area contributed by atoms with Gasteiger partial charge in [0.2, 0.25) is 0 Å². The fourth-order valence-electron chi connectivity index (χ4n) is 3.20. The van der Waals surface area contributed by atoms with Crippen molar-refractivity contribution in [2.75, 3.05) is 13.1 Å². The maximum atomic E-state index is 13.9. The highest BCUT2D eigenvalue weighted by atomic mass is 79.9. The second-order valence-electron chi connectivity index (χ2n) is 6.21. The molecule has 0 bridgehead atoms. The molecule has 2 atom stereocenters. The summed E-state index contributed by atoms with van der Waals surface area (Å²) in [7, 11) is 0. The van der Waals surface area contributed by atoms with Gasteiger partial charge in [0.15, 0.2) is 0 Å². The molecule has 1 aromatic rings. The number of piperidine rings is 1. The molecule has 1 saturated heterocycles. The third kappa shape index (κ3) is 3.85. The van der Waals surface area contributed by atoms with Gasteiger partial charge in [-0.3, -0.25) is 4.90 Å².